The first-order valence-electron chi connectivity index (χ1n) is 8.23. The smallest absolute Gasteiger partial charge is 0.234 e. The van der Waals surface area contributed by atoms with Gasteiger partial charge in [0.2, 0.25) is 5.91 Å². The van der Waals surface area contributed by atoms with E-state index in [-0.39, 0.29) is 11.7 Å². The van der Waals surface area contributed by atoms with Crippen LogP contribution in [0.4, 0.5) is 5.69 Å². The fourth-order valence-electron chi connectivity index (χ4n) is 2.55. The van der Waals surface area contributed by atoms with Crippen molar-refractivity contribution in [1.82, 2.24) is 29.5 Å². The maximum absolute atomic E-state index is 12.5. The molecule has 1 amide bonds. The standard InChI is InChI=1S/C18H14ClN7OS/c19-13-6-7-16(26-11-20-10-22-26)15(8-13)23-17(27)9-28-18-24-21-12-25(18)14-4-2-1-3-5-14/h1-8,10-12H,9H2,(H,23,27). The van der Waals surface area contributed by atoms with Crippen molar-refractivity contribution in [3.63, 3.8) is 0 Å². The molecule has 140 valence electrons. The number of hydrogen-bond donors (Lipinski definition) is 1. The van der Waals surface area contributed by atoms with Crippen LogP contribution in [-0.4, -0.2) is 41.2 Å². The minimum Gasteiger partial charge on any atom is -0.323 e. The Bertz CT molecular complexity index is 1080. The van der Waals surface area contributed by atoms with E-state index in [1.165, 1.54) is 18.1 Å². The summed E-state index contributed by atoms with van der Waals surface area (Å²) in [6.45, 7) is 0. The Morgan fingerprint density at radius 3 is 2.79 bits per heavy atom. The Labute approximate surface area is 169 Å². The number of carbonyl (C=O) groups is 1. The Balaban J connectivity index is 1.47. The summed E-state index contributed by atoms with van der Waals surface area (Å²) < 4.78 is 3.39. The molecule has 0 spiro atoms. The van der Waals surface area contributed by atoms with E-state index in [2.05, 4.69) is 25.6 Å². The molecular formula is C18H14ClN7OS. The molecular weight excluding hydrogens is 398 g/mol. The summed E-state index contributed by atoms with van der Waals surface area (Å²) in [5.41, 5.74) is 2.15. The SMILES string of the molecule is O=C(CSc1nncn1-c1ccccc1)Nc1cc(Cl)ccc1-n1cncn1. The van der Waals surface area contributed by atoms with Crippen LogP contribution in [-0.2, 0) is 4.79 Å². The van der Waals surface area contributed by atoms with E-state index in [0.29, 0.717) is 21.6 Å². The van der Waals surface area contributed by atoms with Gasteiger partial charge in [0.1, 0.15) is 19.0 Å². The molecule has 0 radical (unpaired) electrons. The van der Waals surface area contributed by atoms with Crippen LogP contribution in [0.1, 0.15) is 0 Å². The molecule has 28 heavy (non-hydrogen) atoms. The van der Waals surface area contributed by atoms with Gasteiger partial charge in [-0.2, -0.15) is 5.10 Å². The van der Waals surface area contributed by atoms with Gasteiger partial charge in [0, 0.05) is 10.7 Å². The Kier molecular flexibility index (Phi) is 5.36. The highest BCUT2D eigenvalue weighted by atomic mass is 35.5. The van der Waals surface area contributed by atoms with Crippen molar-refractivity contribution in [3.8, 4) is 11.4 Å². The number of carbonyl (C=O) groups excluding carboxylic acids is 1. The van der Waals surface area contributed by atoms with Gasteiger partial charge in [0.25, 0.3) is 0 Å². The second kappa shape index (κ2) is 8.24. The van der Waals surface area contributed by atoms with Gasteiger partial charge < -0.3 is 5.32 Å². The average Bonchev–Trinajstić information content (AvgIpc) is 3.39. The van der Waals surface area contributed by atoms with Gasteiger partial charge >= 0.3 is 0 Å². The number of aromatic nitrogens is 6. The molecule has 0 aliphatic carbocycles. The summed E-state index contributed by atoms with van der Waals surface area (Å²) in [6.07, 6.45) is 4.60. The number of nitrogens with zero attached hydrogens (tertiary/aromatic N) is 6. The lowest BCUT2D eigenvalue weighted by Gasteiger charge is -2.11. The Hall–Kier alpha value is -3.17. The number of rotatable bonds is 6. The van der Waals surface area contributed by atoms with Crippen molar-refractivity contribution in [2.45, 2.75) is 5.16 Å². The maximum atomic E-state index is 12.5. The third-order valence-electron chi connectivity index (χ3n) is 3.78. The second-order valence-electron chi connectivity index (χ2n) is 5.66. The molecule has 8 nitrogen and oxygen atoms in total. The first kappa shape index (κ1) is 18.2. The number of hydrogen-bond acceptors (Lipinski definition) is 6. The second-order valence-corrected chi connectivity index (χ2v) is 7.04. The van der Waals surface area contributed by atoms with Gasteiger partial charge in [-0.15, -0.1) is 10.2 Å². The lowest BCUT2D eigenvalue weighted by atomic mass is 10.2. The van der Waals surface area contributed by atoms with Gasteiger partial charge in [0.15, 0.2) is 5.16 Å². The molecule has 4 rings (SSSR count). The van der Waals surface area contributed by atoms with E-state index in [1.807, 2.05) is 34.9 Å². The van der Waals surface area contributed by atoms with Crippen LogP contribution >= 0.6 is 23.4 Å². The van der Waals surface area contributed by atoms with Crippen LogP contribution in [0.15, 0.2) is 72.7 Å². The van der Waals surface area contributed by atoms with Gasteiger partial charge in [-0.1, -0.05) is 41.6 Å². The van der Waals surface area contributed by atoms with Crippen molar-refractivity contribution >= 4 is 35.0 Å². The quantitative estimate of drug-likeness (QED) is 0.490. The molecule has 2 aromatic heterocycles. The van der Waals surface area contributed by atoms with Gasteiger partial charge in [-0.25, -0.2) is 9.67 Å². The highest BCUT2D eigenvalue weighted by Crippen LogP contribution is 2.25. The summed E-state index contributed by atoms with van der Waals surface area (Å²) in [5.74, 6) is -0.0364. The number of benzene rings is 2. The molecule has 0 atom stereocenters. The topological polar surface area (TPSA) is 90.5 Å². The molecule has 0 aliphatic rings. The largest absolute Gasteiger partial charge is 0.323 e. The summed E-state index contributed by atoms with van der Waals surface area (Å²) in [7, 11) is 0. The Morgan fingerprint density at radius 2 is 2.00 bits per heavy atom. The number of amides is 1. The summed E-state index contributed by atoms with van der Waals surface area (Å²) in [6, 6.07) is 14.9. The molecule has 0 aliphatic heterocycles. The van der Waals surface area contributed by atoms with Crippen molar-refractivity contribution < 1.29 is 4.79 Å². The molecule has 0 bridgehead atoms. The summed E-state index contributed by atoms with van der Waals surface area (Å²) >= 11 is 7.38. The number of para-hydroxylation sites is 1. The first-order valence-corrected chi connectivity index (χ1v) is 9.60. The lowest BCUT2D eigenvalue weighted by molar-refractivity contribution is -0.113. The molecule has 2 aromatic carbocycles. The zero-order chi connectivity index (χ0) is 19.3. The molecule has 10 heteroatoms. The van der Waals surface area contributed by atoms with Crippen molar-refractivity contribution in [2.75, 3.05) is 11.1 Å². The van der Waals surface area contributed by atoms with Crippen LogP contribution in [0.5, 0.6) is 0 Å². The molecule has 0 saturated carbocycles. The molecule has 1 N–H and O–H groups in total. The number of thioether (sulfide) groups is 1. The van der Waals surface area contributed by atoms with Crippen LogP contribution in [0, 0.1) is 0 Å². The van der Waals surface area contributed by atoms with E-state index in [4.69, 9.17) is 11.6 Å². The molecule has 0 saturated heterocycles. The van der Waals surface area contributed by atoms with Crippen molar-refractivity contribution in [3.05, 3.63) is 72.5 Å². The van der Waals surface area contributed by atoms with Crippen LogP contribution in [0.3, 0.4) is 0 Å². The van der Waals surface area contributed by atoms with Gasteiger partial charge in [-0.3, -0.25) is 9.36 Å². The molecule has 0 unspecified atom stereocenters. The summed E-state index contributed by atoms with van der Waals surface area (Å²) in [5, 5.41) is 16.2. The zero-order valence-corrected chi connectivity index (χ0v) is 16.0. The highest BCUT2D eigenvalue weighted by molar-refractivity contribution is 7.99. The van der Waals surface area contributed by atoms with E-state index < -0.39 is 0 Å². The van der Waals surface area contributed by atoms with E-state index in [0.717, 1.165) is 5.69 Å². The van der Waals surface area contributed by atoms with Gasteiger partial charge in [-0.05, 0) is 30.3 Å². The third kappa shape index (κ3) is 4.05. The normalized spacial score (nSPS) is 10.8. The minimum absolute atomic E-state index is 0.162. The van der Waals surface area contributed by atoms with Crippen LogP contribution in [0.25, 0.3) is 11.4 Å². The van der Waals surface area contributed by atoms with E-state index in [9.17, 15) is 4.79 Å². The lowest BCUT2D eigenvalue weighted by Crippen LogP contribution is -2.16. The third-order valence-corrected chi connectivity index (χ3v) is 4.96. The number of halogens is 1. The Morgan fingerprint density at radius 1 is 1.14 bits per heavy atom. The fraction of sp³-hybridized carbons (Fsp3) is 0.0556. The van der Waals surface area contributed by atoms with Crippen LogP contribution in [0.2, 0.25) is 5.02 Å². The average molecular weight is 412 g/mol. The van der Waals surface area contributed by atoms with E-state index >= 15 is 0 Å². The predicted octanol–water partition coefficient (Wildman–Crippen LogP) is 3.23. The molecule has 4 aromatic rings. The fourth-order valence-corrected chi connectivity index (χ4v) is 3.45. The first-order chi connectivity index (χ1) is 13.7. The number of anilines is 1. The van der Waals surface area contributed by atoms with E-state index in [1.54, 1.807) is 35.5 Å². The maximum Gasteiger partial charge on any atom is 0.234 e. The van der Waals surface area contributed by atoms with Gasteiger partial charge in [0.05, 0.1) is 17.1 Å². The minimum atomic E-state index is -0.198. The predicted molar refractivity (Wildman–Crippen MR) is 107 cm³/mol. The number of nitrogens with one attached hydrogen (secondary N) is 1. The van der Waals surface area contributed by atoms with Crippen LogP contribution < -0.4 is 5.32 Å². The van der Waals surface area contributed by atoms with Crippen molar-refractivity contribution in [2.24, 2.45) is 0 Å². The molecule has 0 fully saturated rings. The van der Waals surface area contributed by atoms with Crippen molar-refractivity contribution in [1.29, 1.82) is 0 Å². The monoisotopic (exact) mass is 411 g/mol. The highest BCUT2D eigenvalue weighted by Gasteiger charge is 2.13. The zero-order valence-electron chi connectivity index (χ0n) is 14.4. The molecule has 2 heterocycles. The summed E-state index contributed by atoms with van der Waals surface area (Å²) in [4.78, 5) is 16.4.